The highest BCUT2D eigenvalue weighted by atomic mass is 16.1. The molecule has 0 radical (unpaired) electrons. The van der Waals surface area contributed by atoms with Crippen molar-refractivity contribution in [3.63, 3.8) is 0 Å². The summed E-state index contributed by atoms with van der Waals surface area (Å²) >= 11 is 0. The summed E-state index contributed by atoms with van der Waals surface area (Å²) in [6.07, 6.45) is 5.32. The number of carbonyl (C=O) groups excluding carboxylic acids is 1. The molecule has 3 heteroatoms. The molecule has 0 unspecified atom stereocenters. The molecule has 1 aliphatic rings. The molecule has 0 aromatic rings. The number of nitrogens with zero attached hydrogens (tertiary/aromatic N) is 1. The highest BCUT2D eigenvalue weighted by molar-refractivity contribution is 5.80. The zero-order valence-electron chi connectivity index (χ0n) is 5.29. The van der Waals surface area contributed by atoms with Gasteiger partial charge in [0.05, 0.1) is 0 Å². The molecule has 0 fully saturated rings. The number of nitrogens with one attached hydrogen (secondary N) is 1. The van der Waals surface area contributed by atoms with Gasteiger partial charge in [0.2, 0.25) is 5.91 Å². The number of allylic oxidation sites excluding steroid dienone is 3. The number of carbonyl (C=O) groups is 1. The molecule has 0 aliphatic carbocycles. The van der Waals surface area contributed by atoms with E-state index in [-0.39, 0.29) is 5.91 Å². The minimum atomic E-state index is -0.137. The van der Waals surface area contributed by atoms with Gasteiger partial charge >= 0.3 is 0 Å². The van der Waals surface area contributed by atoms with Gasteiger partial charge < -0.3 is 5.32 Å². The second-order valence-corrected chi connectivity index (χ2v) is 1.87. The molecule has 1 N–H and O–H groups in total. The van der Waals surface area contributed by atoms with Crippen LogP contribution in [0, 0.1) is 11.3 Å². The van der Waals surface area contributed by atoms with Crippen molar-refractivity contribution >= 4 is 5.91 Å². The molecule has 0 saturated carbocycles. The lowest BCUT2D eigenvalue weighted by Crippen LogP contribution is -2.19. The van der Waals surface area contributed by atoms with Gasteiger partial charge in [-0.2, -0.15) is 5.26 Å². The quantitative estimate of drug-likeness (QED) is 0.523. The molecule has 3 nitrogen and oxygen atoms in total. The van der Waals surface area contributed by atoms with Crippen LogP contribution in [-0.2, 0) is 4.79 Å². The van der Waals surface area contributed by atoms with Crippen LogP contribution >= 0.6 is 0 Å². The molecule has 0 aromatic heterocycles. The van der Waals surface area contributed by atoms with Gasteiger partial charge in [-0.25, -0.2) is 0 Å². The van der Waals surface area contributed by atoms with Gasteiger partial charge in [-0.3, -0.25) is 4.79 Å². The maximum atomic E-state index is 10.7. The Balaban J connectivity index is 2.78. The number of hydrogen-bond donors (Lipinski definition) is 1. The van der Waals surface area contributed by atoms with Crippen LogP contribution in [0.15, 0.2) is 23.9 Å². The van der Waals surface area contributed by atoms with Gasteiger partial charge in [0.1, 0.15) is 11.8 Å². The maximum absolute atomic E-state index is 10.7. The minimum Gasteiger partial charge on any atom is -0.317 e. The third-order valence-corrected chi connectivity index (χ3v) is 1.10. The largest absolute Gasteiger partial charge is 0.317 e. The summed E-state index contributed by atoms with van der Waals surface area (Å²) in [5.74, 6) is -0.137. The lowest BCUT2D eigenvalue weighted by Gasteiger charge is -1.95. The van der Waals surface area contributed by atoms with E-state index in [4.69, 9.17) is 5.26 Å². The highest BCUT2D eigenvalue weighted by Crippen LogP contribution is 1.96. The summed E-state index contributed by atoms with van der Waals surface area (Å²) in [5.41, 5.74) is 0.304. The zero-order valence-corrected chi connectivity index (χ0v) is 5.29. The van der Waals surface area contributed by atoms with Crippen LogP contribution in [0.1, 0.15) is 6.42 Å². The van der Waals surface area contributed by atoms with Gasteiger partial charge in [0.25, 0.3) is 0 Å². The van der Waals surface area contributed by atoms with Crippen LogP contribution in [0.5, 0.6) is 0 Å². The van der Waals surface area contributed by atoms with E-state index in [2.05, 4.69) is 5.32 Å². The topological polar surface area (TPSA) is 52.9 Å². The van der Waals surface area contributed by atoms with Gasteiger partial charge in [-0.05, 0) is 6.08 Å². The van der Waals surface area contributed by atoms with E-state index in [0.717, 1.165) is 0 Å². The van der Waals surface area contributed by atoms with Crippen LogP contribution in [0.3, 0.4) is 0 Å². The average molecular weight is 134 g/mol. The Morgan fingerprint density at radius 1 is 1.70 bits per heavy atom. The van der Waals surface area contributed by atoms with Crippen molar-refractivity contribution in [2.24, 2.45) is 0 Å². The van der Waals surface area contributed by atoms with Crippen LogP contribution < -0.4 is 5.32 Å². The fraction of sp³-hybridized carbons (Fsp3) is 0.143. The third-order valence-electron chi connectivity index (χ3n) is 1.10. The van der Waals surface area contributed by atoms with Gasteiger partial charge in [0, 0.05) is 6.42 Å². The summed E-state index contributed by atoms with van der Waals surface area (Å²) in [7, 11) is 0. The van der Waals surface area contributed by atoms with Crippen molar-refractivity contribution < 1.29 is 4.79 Å². The van der Waals surface area contributed by atoms with Gasteiger partial charge in [-0.15, -0.1) is 0 Å². The van der Waals surface area contributed by atoms with Crippen LogP contribution in [0.4, 0.5) is 0 Å². The number of hydrogen-bond acceptors (Lipinski definition) is 2. The molecule has 10 heavy (non-hydrogen) atoms. The van der Waals surface area contributed by atoms with Crippen molar-refractivity contribution in [1.29, 1.82) is 5.26 Å². The lowest BCUT2D eigenvalue weighted by atomic mass is 10.4. The van der Waals surface area contributed by atoms with E-state index in [1.54, 1.807) is 18.2 Å². The Kier molecular flexibility index (Phi) is 1.86. The second-order valence-electron chi connectivity index (χ2n) is 1.87. The van der Waals surface area contributed by atoms with Crippen molar-refractivity contribution in [2.45, 2.75) is 6.42 Å². The number of rotatable bonds is 0. The summed E-state index contributed by atoms with van der Waals surface area (Å²) in [6.45, 7) is 0. The molecule has 0 saturated heterocycles. The molecule has 0 aromatic carbocycles. The van der Waals surface area contributed by atoms with E-state index in [1.807, 2.05) is 6.07 Å². The first-order valence-corrected chi connectivity index (χ1v) is 2.89. The third kappa shape index (κ3) is 1.46. The average Bonchev–Trinajstić information content (AvgIpc) is 2.13. The molecule has 1 heterocycles. The molecule has 1 amide bonds. The van der Waals surface area contributed by atoms with E-state index in [1.165, 1.54) is 0 Å². The number of amides is 1. The lowest BCUT2D eigenvalue weighted by molar-refractivity contribution is -0.119. The normalized spacial score (nSPS) is 16.7. The second kappa shape index (κ2) is 2.83. The van der Waals surface area contributed by atoms with Crippen molar-refractivity contribution in [2.75, 3.05) is 0 Å². The van der Waals surface area contributed by atoms with Crippen molar-refractivity contribution in [3.05, 3.63) is 23.9 Å². The summed E-state index contributed by atoms with van der Waals surface area (Å²) in [6, 6.07) is 1.85. The molecule has 0 atom stereocenters. The fourth-order valence-corrected chi connectivity index (χ4v) is 0.647. The van der Waals surface area contributed by atoms with E-state index >= 15 is 0 Å². The molecule has 0 bridgehead atoms. The zero-order chi connectivity index (χ0) is 7.40. The van der Waals surface area contributed by atoms with Crippen LogP contribution in [-0.4, -0.2) is 5.91 Å². The van der Waals surface area contributed by atoms with E-state index in [9.17, 15) is 4.79 Å². The smallest absolute Gasteiger partial charge is 0.228 e. The van der Waals surface area contributed by atoms with Crippen molar-refractivity contribution in [1.82, 2.24) is 5.32 Å². The summed E-state index contributed by atoms with van der Waals surface area (Å²) in [4.78, 5) is 10.7. The predicted molar refractivity (Wildman–Crippen MR) is 35.6 cm³/mol. The van der Waals surface area contributed by atoms with E-state index in [0.29, 0.717) is 12.1 Å². The molecular weight excluding hydrogens is 128 g/mol. The summed E-state index contributed by atoms with van der Waals surface area (Å²) in [5, 5.41) is 10.8. The van der Waals surface area contributed by atoms with Crippen molar-refractivity contribution in [3.8, 4) is 6.07 Å². The molecule has 1 aliphatic heterocycles. The SMILES string of the molecule is N#CC1=CC=CCC(=O)N1. The van der Waals surface area contributed by atoms with E-state index < -0.39 is 0 Å². The van der Waals surface area contributed by atoms with Crippen LogP contribution in [0.25, 0.3) is 0 Å². The minimum absolute atomic E-state index is 0.137. The Hall–Kier alpha value is -1.56. The van der Waals surface area contributed by atoms with Crippen LogP contribution in [0.2, 0.25) is 0 Å². The first-order chi connectivity index (χ1) is 4.83. The predicted octanol–water partition coefficient (Wildman–Crippen LogP) is 0.470. The Bertz CT molecular complexity index is 245. The Morgan fingerprint density at radius 3 is 3.20 bits per heavy atom. The molecule has 1 rings (SSSR count). The Labute approximate surface area is 58.6 Å². The fourth-order valence-electron chi connectivity index (χ4n) is 0.647. The molecular formula is C7H6N2O. The molecule has 50 valence electrons. The highest BCUT2D eigenvalue weighted by Gasteiger charge is 2.02. The van der Waals surface area contributed by atoms with Gasteiger partial charge in [-0.1, -0.05) is 12.2 Å². The molecule has 0 spiro atoms. The first-order valence-electron chi connectivity index (χ1n) is 2.89. The summed E-state index contributed by atoms with van der Waals surface area (Å²) < 4.78 is 0. The monoisotopic (exact) mass is 134 g/mol. The first kappa shape index (κ1) is 6.56. The number of nitriles is 1. The van der Waals surface area contributed by atoms with Gasteiger partial charge in [0.15, 0.2) is 0 Å². The maximum Gasteiger partial charge on any atom is 0.228 e. The Morgan fingerprint density at radius 2 is 2.50 bits per heavy atom. The standard InChI is InChI=1S/C7H6N2O/c8-5-6-3-1-2-4-7(10)9-6/h1-3H,4H2,(H,9,10).